The van der Waals surface area contributed by atoms with E-state index < -0.39 is 10.0 Å². The molecule has 1 N–H and O–H groups in total. The molecule has 144 valence electrons. The largest absolute Gasteiger partial charge is 0.468 e. The Bertz CT molecular complexity index is 1080. The summed E-state index contributed by atoms with van der Waals surface area (Å²) in [5, 5.41) is 2.77. The van der Waals surface area contributed by atoms with Gasteiger partial charge in [0.25, 0.3) is 0 Å². The maximum absolute atomic E-state index is 13.4. The van der Waals surface area contributed by atoms with E-state index in [1.165, 1.54) is 16.6 Å². The summed E-state index contributed by atoms with van der Waals surface area (Å²) in [6.45, 7) is 0.280. The van der Waals surface area contributed by atoms with Crippen LogP contribution in [0.15, 0.2) is 70.4 Å². The maximum Gasteiger partial charge on any atom is 0.243 e. The molecule has 2 aromatic heterocycles. The van der Waals surface area contributed by atoms with Crippen LogP contribution in [0.25, 0.3) is 0 Å². The molecular weight excluding hydrogens is 378 g/mol. The van der Waals surface area contributed by atoms with Gasteiger partial charge in [0.05, 0.1) is 17.7 Å². The van der Waals surface area contributed by atoms with Gasteiger partial charge >= 0.3 is 0 Å². The summed E-state index contributed by atoms with van der Waals surface area (Å²) in [7, 11) is -3.79. The molecule has 0 aliphatic carbocycles. The summed E-state index contributed by atoms with van der Waals surface area (Å²) in [4.78, 5) is 15.8. The Balaban J connectivity index is 1.68. The maximum atomic E-state index is 13.4. The minimum Gasteiger partial charge on any atom is -0.468 e. The fourth-order valence-corrected chi connectivity index (χ4v) is 4.61. The second-order valence-corrected chi connectivity index (χ2v) is 8.52. The number of aryl methyl sites for hydroxylation is 1. The van der Waals surface area contributed by atoms with Gasteiger partial charge in [0.1, 0.15) is 5.76 Å². The number of rotatable bonds is 6. The van der Waals surface area contributed by atoms with Crippen LogP contribution in [0.5, 0.6) is 0 Å². The van der Waals surface area contributed by atoms with Crippen molar-refractivity contribution in [2.24, 2.45) is 0 Å². The summed E-state index contributed by atoms with van der Waals surface area (Å²) < 4.78 is 33.5. The first kappa shape index (κ1) is 18.4. The molecule has 3 heterocycles. The average Bonchev–Trinajstić information content (AvgIpc) is 3.21. The van der Waals surface area contributed by atoms with Gasteiger partial charge in [0.15, 0.2) is 0 Å². The molecule has 0 unspecified atom stereocenters. The smallest absolute Gasteiger partial charge is 0.243 e. The summed E-state index contributed by atoms with van der Waals surface area (Å²) >= 11 is 0. The van der Waals surface area contributed by atoms with Gasteiger partial charge in [-0.2, -0.15) is 4.31 Å². The number of nitrogens with one attached hydrogen (secondary N) is 1. The Kier molecular flexibility index (Phi) is 4.97. The monoisotopic (exact) mass is 397 g/mol. The zero-order valence-corrected chi connectivity index (χ0v) is 15.9. The minimum absolute atomic E-state index is 0.0564. The van der Waals surface area contributed by atoms with E-state index in [1.54, 1.807) is 42.7 Å². The summed E-state index contributed by atoms with van der Waals surface area (Å²) in [5.41, 5.74) is 2.27. The first-order valence-electron chi connectivity index (χ1n) is 8.86. The molecule has 8 heteroatoms. The van der Waals surface area contributed by atoms with Crippen molar-refractivity contribution in [3.05, 3.63) is 78.0 Å². The normalized spacial score (nSPS) is 14.0. The molecule has 1 aliphatic rings. The Morgan fingerprint density at radius 2 is 2.00 bits per heavy atom. The lowest BCUT2D eigenvalue weighted by Crippen LogP contribution is -2.30. The predicted molar refractivity (Wildman–Crippen MR) is 103 cm³/mol. The number of hydrogen-bond donors (Lipinski definition) is 1. The first-order valence-corrected chi connectivity index (χ1v) is 10.3. The van der Waals surface area contributed by atoms with Crippen LogP contribution in [0.4, 0.5) is 5.69 Å². The Morgan fingerprint density at radius 1 is 1.11 bits per heavy atom. The summed E-state index contributed by atoms with van der Waals surface area (Å²) in [6.07, 6.45) is 5.68. The third kappa shape index (κ3) is 3.83. The van der Waals surface area contributed by atoms with Crippen molar-refractivity contribution in [2.75, 3.05) is 5.32 Å². The fourth-order valence-electron chi connectivity index (χ4n) is 3.17. The van der Waals surface area contributed by atoms with E-state index in [9.17, 15) is 13.2 Å². The van der Waals surface area contributed by atoms with Crippen LogP contribution in [0.1, 0.15) is 23.3 Å². The van der Waals surface area contributed by atoms with Crippen molar-refractivity contribution in [3.63, 3.8) is 0 Å². The molecule has 4 rings (SSSR count). The molecular formula is C20H19N3O4S. The van der Waals surface area contributed by atoms with Gasteiger partial charge in [-0.3, -0.25) is 9.78 Å². The molecule has 3 aromatic rings. The lowest BCUT2D eigenvalue weighted by molar-refractivity contribution is -0.116. The standard InChI is InChI=1S/C20H19N3O4S/c24-20-8-5-16-11-18(6-7-19(16)22-20)28(25,26)23(14-17-4-2-10-27-17)13-15-3-1-9-21-12-15/h1-4,6-7,9-12H,5,8,13-14H2,(H,22,24). The summed E-state index contributed by atoms with van der Waals surface area (Å²) in [5.74, 6) is 0.497. The van der Waals surface area contributed by atoms with Crippen LogP contribution >= 0.6 is 0 Å². The third-order valence-electron chi connectivity index (χ3n) is 4.60. The number of aromatic nitrogens is 1. The molecule has 28 heavy (non-hydrogen) atoms. The predicted octanol–water partition coefficient (Wildman–Crippen LogP) is 2.95. The number of anilines is 1. The molecule has 0 fully saturated rings. The Hall–Kier alpha value is -2.97. The van der Waals surface area contributed by atoms with E-state index in [-0.39, 0.29) is 23.9 Å². The number of sulfonamides is 1. The third-order valence-corrected chi connectivity index (χ3v) is 6.39. The van der Waals surface area contributed by atoms with Crippen LogP contribution in [0.3, 0.4) is 0 Å². The Labute approximate surface area is 163 Å². The van der Waals surface area contributed by atoms with Gasteiger partial charge in [-0.25, -0.2) is 8.42 Å². The van der Waals surface area contributed by atoms with Crippen molar-refractivity contribution < 1.29 is 17.6 Å². The highest BCUT2D eigenvalue weighted by atomic mass is 32.2. The van der Waals surface area contributed by atoms with Crippen molar-refractivity contribution in [3.8, 4) is 0 Å². The molecule has 1 aliphatic heterocycles. The number of pyridine rings is 1. The number of amides is 1. The lowest BCUT2D eigenvalue weighted by Gasteiger charge is -2.23. The Morgan fingerprint density at radius 3 is 2.75 bits per heavy atom. The molecule has 7 nitrogen and oxygen atoms in total. The van der Waals surface area contributed by atoms with Gasteiger partial charge in [0, 0.05) is 31.0 Å². The highest BCUT2D eigenvalue weighted by molar-refractivity contribution is 7.89. The van der Waals surface area contributed by atoms with Crippen LogP contribution in [0.2, 0.25) is 0 Å². The second kappa shape index (κ2) is 7.57. The van der Waals surface area contributed by atoms with Gasteiger partial charge in [-0.1, -0.05) is 6.07 Å². The van der Waals surface area contributed by atoms with E-state index >= 15 is 0 Å². The number of furan rings is 1. The van der Waals surface area contributed by atoms with Crippen LogP contribution in [-0.4, -0.2) is 23.6 Å². The summed E-state index contributed by atoms with van der Waals surface area (Å²) in [6, 6.07) is 11.9. The fraction of sp³-hybridized carbons (Fsp3) is 0.200. The SMILES string of the molecule is O=C1CCc2cc(S(=O)(=O)N(Cc3cccnc3)Cc3ccco3)ccc2N1. The topological polar surface area (TPSA) is 92.5 Å². The highest BCUT2D eigenvalue weighted by Gasteiger charge is 2.27. The molecule has 0 saturated heterocycles. The quantitative estimate of drug-likeness (QED) is 0.690. The second-order valence-electron chi connectivity index (χ2n) is 6.58. The number of hydrogen-bond acceptors (Lipinski definition) is 5. The van der Waals surface area contributed by atoms with Crippen molar-refractivity contribution in [1.29, 1.82) is 0 Å². The van der Waals surface area contributed by atoms with Crippen LogP contribution in [0, 0.1) is 0 Å². The minimum atomic E-state index is -3.79. The van der Waals surface area contributed by atoms with Crippen molar-refractivity contribution in [1.82, 2.24) is 9.29 Å². The highest BCUT2D eigenvalue weighted by Crippen LogP contribution is 2.28. The van der Waals surface area contributed by atoms with Gasteiger partial charge in [-0.05, 0) is 53.9 Å². The van der Waals surface area contributed by atoms with E-state index in [1.807, 2.05) is 6.07 Å². The van der Waals surface area contributed by atoms with Gasteiger partial charge in [0.2, 0.25) is 15.9 Å². The molecule has 0 spiro atoms. The van der Waals surface area contributed by atoms with Gasteiger partial charge < -0.3 is 9.73 Å². The molecule has 0 saturated carbocycles. The van der Waals surface area contributed by atoms with E-state index in [0.29, 0.717) is 24.3 Å². The zero-order valence-electron chi connectivity index (χ0n) is 15.0. The number of nitrogens with zero attached hydrogens (tertiary/aromatic N) is 2. The molecule has 0 bridgehead atoms. The van der Waals surface area contributed by atoms with Crippen molar-refractivity contribution >= 4 is 21.6 Å². The van der Waals surface area contributed by atoms with E-state index in [2.05, 4.69) is 10.3 Å². The first-order chi connectivity index (χ1) is 13.5. The van der Waals surface area contributed by atoms with E-state index in [0.717, 1.165) is 11.1 Å². The number of fused-ring (bicyclic) bond motifs is 1. The number of carbonyl (C=O) groups excluding carboxylic acids is 1. The number of benzene rings is 1. The van der Waals surface area contributed by atoms with Crippen LogP contribution < -0.4 is 5.32 Å². The molecule has 1 aromatic carbocycles. The number of carbonyl (C=O) groups is 1. The zero-order chi connectivity index (χ0) is 19.6. The average molecular weight is 397 g/mol. The van der Waals surface area contributed by atoms with Gasteiger partial charge in [-0.15, -0.1) is 0 Å². The molecule has 1 amide bonds. The van der Waals surface area contributed by atoms with Crippen LogP contribution in [-0.2, 0) is 34.3 Å². The molecule has 0 atom stereocenters. The molecule has 0 radical (unpaired) electrons. The van der Waals surface area contributed by atoms with Crippen molar-refractivity contribution in [2.45, 2.75) is 30.8 Å². The van der Waals surface area contributed by atoms with E-state index in [4.69, 9.17) is 4.42 Å². The lowest BCUT2D eigenvalue weighted by atomic mass is 10.0.